The molecule has 0 saturated carbocycles. The summed E-state index contributed by atoms with van der Waals surface area (Å²) >= 11 is 0. The van der Waals surface area contributed by atoms with Crippen molar-refractivity contribution in [2.24, 2.45) is 0 Å². The molecule has 0 saturated heterocycles. The standard InChI is InChI=1S/C10H16NO.HI/c1-11(2)6-5-9-8(7-11)3-4-10(9)12;/h3-7H2,1-2H3;1H/q+1;/p-1. The van der Waals surface area contributed by atoms with Crippen molar-refractivity contribution in [3.8, 4) is 0 Å². The molecular weight excluding hydrogens is 277 g/mol. The van der Waals surface area contributed by atoms with Crippen LogP contribution in [0.4, 0.5) is 0 Å². The first kappa shape index (κ1) is 11.2. The van der Waals surface area contributed by atoms with Gasteiger partial charge in [0.2, 0.25) is 0 Å². The fraction of sp³-hybridized carbons (Fsp3) is 0.700. The van der Waals surface area contributed by atoms with Gasteiger partial charge in [-0.3, -0.25) is 4.79 Å². The summed E-state index contributed by atoms with van der Waals surface area (Å²) < 4.78 is 1.06. The molecule has 0 bridgehead atoms. The highest BCUT2D eigenvalue weighted by atomic mass is 127. The molecule has 0 atom stereocenters. The Morgan fingerprint density at radius 2 is 1.85 bits per heavy atom. The Bertz CT molecular complexity index is 268. The van der Waals surface area contributed by atoms with Gasteiger partial charge in [0.25, 0.3) is 0 Å². The second-order valence-corrected chi connectivity index (χ2v) is 4.57. The van der Waals surface area contributed by atoms with Crippen LogP contribution in [0, 0.1) is 0 Å². The molecule has 1 heterocycles. The molecule has 74 valence electrons. The number of quaternary nitrogens is 1. The summed E-state index contributed by atoms with van der Waals surface area (Å²) in [6.07, 6.45) is 2.84. The van der Waals surface area contributed by atoms with Gasteiger partial charge in [-0.15, -0.1) is 0 Å². The molecule has 2 nitrogen and oxygen atoms in total. The van der Waals surface area contributed by atoms with E-state index in [-0.39, 0.29) is 24.0 Å². The number of ketones is 1. The number of halogens is 1. The van der Waals surface area contributed by atoms with Gasteiger partial charge in [0.1, 0.15) is 6.54 Å². The molecule has 0 N–H and O–H groups in total. The Morgan fingerprint density at radius 1 is 1.15 bits per heavy atom. The van der Waals surface area contributed by atoms with Crippen molar-refractivity contribution >= 4 is 5.78 Å². The van der Waals surface area contributed by atoms with E-state index in [2.05, 4.69) is 14.1 Å². The highest BCUT2D eigenvalue weighted by molar-refractivity contribution is 5.98. The molecule has 0 aromatic rings. The molecule has 1 aliphatic heterocycles. The minimum absolute atomic E-state index is 0. The zero-order valence-corrected chi connectivity index (χ0v) is 10.4. The van der Waals surface area contributed by atoms with Crippen LogP contribution in [-0.2, 0) is 4.79 Å². The van der Waals surface area contributed by atoms with Gasteiger partial charge in [0, 0.05) is 18.4 Å². The minimum atomic E-state index is 0. The lowest BCUT2D eigenvalue weighted by Crippen LogP contribution is -3.00. The fourth-order valence-electron chi connectivity index (χ4n) is 2.26. The minimum Gasteiger partial charge on any atom is -1.00 e. The Kier molecular flexibility index (Phi) is 3.17. The lowest BCUT2D eigenvalue weighted by atomic mass is 10.0. The lowest BCUT2D eigenvalue weighted by Gasteiger charge is -2.34. The summed E-state index contributed by atoms with van der Waals surface area (Å²) in [4.78, 5) is 11.4. The summed E-state index contributed by atoms with van der Waals surface area (Å²) in [7, 11) is 4.49. The summed E-state index contributed by atoms with van der Waals surface area (Å²) in [5.41, 5.74) is 2.61. The van der Waals surface area contributed by atoms with E-state index >= 15 is 0 Å². The maximum absolute atomic E-state index is 11.4. The second kappa shape index (κ2) is 3.69. The third-order valence-electron chi connectivity index (χ3n) is 3.00. The van der Waals surface area contributed by atoms with Gasteiger partial charge in [0.05, 0.1) is 20.6 Å². The van der Waals surface area contributed by atoms with Crippen LogP contribution < -0.4 is 24.0 Å². The zero-order valence-electron chi connectivity index (χ0n) is 8.27. The van der Waals surface area contributed by atoms with Gasteiger partial charge in [-0.25, -0.2) is 0 Å². The summed E-state index contributed by atoms with van der Waals surface area (Å²) in [6.45, 7) is 2.23. The monoisotopic (exact) mass is 293 g/mol. The average Bonchev–Trinajstić information content (AvgIpc) is 2.30. The van der Waals surface area contributed by atoms with E-state index < -0.39 is 0 Å². The summed E-state index contributed by atoms with van der Waals surface area (Å²) in [5, 5.41) is 0. The first-order valence-electron chi connectivity index (χ1n) is 4.65. The van der Waals surface area contributed by atoms with Crippen molar-refractivity contribution in [2.75, 3.05) is 27.2 Å². The van der Waals surface area contributed by atoms with Gasteiger partial charge in [-0.2, -0.15) is 0 Å². The van der Waals surface area contributed by atoms with Crippen LogP contribution in [0.25, 0.3) is 0 Å². The van der Waals surface area contributed by atoms with Crippen molar-refractivity contribution in [1.82, 2.24) is 0 Å². The average molecular weight is 293 g/mol. The Balaban J connectivity index is 0.000000845. The molecule has 2 rings (SSSR count). The highest BCUT2D eigenvalue weighted by Crippen LogP contribution is 2.31. The Hall–Kier alpha value is 0.1000. The second-order valence-electron chi connectivity index (χ2n) is 4.57. The fourth-order valence-corrected chi connectivity index (χ4v) is 2.26. The normalized spacial score (nSPS) is 25.5. The SMILES string of the molecule is C[N+]1(C)CCC2=C(CCC2=O)C1.[I-]. The molecule has 2 aliphatic rings. The van der Waals surface area contributed by atoms with E-state index in [0.717, 1.165) is 36.8 Å². The van der Waals surface area contributed by atoms with E-state index in [1.54, 1.807) is 0 Å². The first-order valence-corrected chi connectivity index (χ1v) is 4.65. The van der Waals surface area contributed by atoms with Crippen molar-refractivity contribution in [3.05, 3.63) is 11.1 Å². The Labute approximate surface area is 96.6 Å². The van der Waals surface area contributed by atoms with Crippen LogP contribution in [0.5, 0.6) is 0 Å². The van der Waals surface area contributed by atoms with E-state index in [1.807, 2.05) is 0 Å². The summed E-state index contributed by atoms with van der Waals surface area (Å²) in [5.74, 6) is 0.421. The number of hydrogen-bond acceptors (Lipinski definition) is 1. The highest BCUT2D eigenvalue weighted by Gasteiger charge is 2.32. The van der Waals surface area contributed by atoms with Gasteiger partial charge < -0.3 is 28.5 Å². The zero-order chi connectivity index (χ0) is 8.77. The van der Waals surface area contributed by atoms with Gasteiger partial charge >= 0.3 is 0 Å². The van der Waals surface area contributed by atoms with E-state index in [0.29, 0.717) is 5.78 Å². The van der Waals surface area contributed by atoms with Crippen molar-refractivity contribution < 1.29 is 33.3 Å². The summed E-state index contributed by atoms with van der Waals surface area (Å²) in [6, 6.07) is 0. The quantitative estimate of drug-likeness (QED) is 0.378. The van der Waals surface area contributed by atoms with Gasteiger partial charge in [0.15, 0.2) is 5.78 Å². The molecule has 0 amide bonds. The molecular formula is C10H16INO. The van der Waals surface area contributed by atoms with Gasteiger partial charge in [-0.05, 0) is 12.0 Å². The predicted molar refractivity (Wildman–Crippen MR) is 47.7 cm³/mol. The molecule has 0 unspecified atom stereocenters. The van der Waals surface area contributed by atoms with Gasteiger partial charge in [-0.1, -0.05) is 0 Å². The molecule has 0 spiro atoms. The third kappa shape index (κ3) is 2.13. The van der Waals surface area contributed by atoms with Crippen molar-refractivity contribution in [3.63, 3.8) is 0 Å². The molecule has 0 aromatic heterocycles. The van der Waals surface area contributed by atoms with E-state index in [1.165, 1.54) is 11.1 Å². The molecule has 0 fully saturated rings. The number of rotatable bonds is 0. The van der Waals surface area contributed by atoms with Crippen LogP contribution in [0.15, 0.2) is 11.1 Å². The largest absolute Gasteiger partial charge is 1.00 e. The molecule has 0 radical (unpaired) electrons. The topological polar surface area (TPSA) is 17.1 Å². The van der Waals surface area contributed by atoms with Crippen LogP contribution in [0.3, 0.4) is 0 Å². The predicted octanol–water partition coefficient (Wildman–Crippen LogP) is -1.87. The lowest BCUT2D eigenvalue weighted by molar-refractivity contribution is -0.887. The molecule has 3 heteroatoms. The molecule has 0 aromatic carbocycles. The number of hydrogen-bond donors (Lipinski definition) is 0. The number of carbonyl (C=O) groups is 1. The smallest absolute Gasteiger partial charge is 0.159 e. The maximum atomic E-state index is 11.4. The molecule has 1 aliphatic carbocycles. The number of likely N-dealkylation sites (N-methyl/N-ethyl adjacent to an activating group) is 1. The number of Topliss-reactive ketones (excluding diaryl/α,β-unsaturated/α-hetero) is 1. The van der Waals surface area contributed by atoms with E-state index in [9.17, 15) is 4.79 Å². The third-order valence-corrected chi connectivity index (χ3v) is 3.00. The van der Waals surface area contributed by atoms with Crippen molar-refractivity contribution in [2.45, 2.75) is 19.3 Å². The van der Waals surface area contributed by atoms with Crippen LogP contribution >= 0.6 is 0 Å². The first-order chi connectivity index (χ1) is 5.58. The molecule has 13 heavy (non-hydrogen) atoms. The number of carbonyl (C=O) groups excluding carboxylic acids is 1. The van der Waals surface area contributed by atoms with Crippen LogP contribution in [-0.4, -0.2) is 37.5 Å². The van der Waals surface area contributed by atoms with Crippen molar-refractivity contribution in [1.29, 1.82) is 0 Å². The van der Waals surface area contributed by atoms with Crippen LogP contribution in [0.1, 0.15) is 19.3 Å². The van der Waals surface area contributed by atoms with Crippen LogP contribution in [0.2, 0.25) is 0 Å². The maximum Gasteiger partial charge on any atom is 0.159 e. The van der Waals surface area contributed by atoms with E-state index in [4.69, 9.17) is 0 Å². The number of nitrogens with zero attached hydrogens (tertiary/aromatic N) is 1. The Morgan fingerprint density at radius 3 is 2.54 bits per heavy atom.